The fraction of sp³-hybridized carbons (Fsp3) is 0.455. The highest BCUT2D eigenvalue weighted by atomic mass is 35.5. The van der Waals surface area contributed by atoms with Crippen molar-refractivity contribution in [3.63, 3.8) is 0 Å². The number of aliphatic hydroxyl groups excluding tert-OH is 1. The highest BCUT2D eigenvalue weighted by molar-refractivity contribution is 6.32. The van der Waals surface area contributed by atoms with Crippen LogP contribution in [0.25, 0.3) is 11.2 Å². The number of fused-ring (bicyclic) bond motifs is 2. The molecule has 4 atom stereocenters. The Hall–Kier alpha value is -2.59. The van der Waals surface area contributed by atoms with Crippen molar-refractivity contribution in [2.75, 3.05) is 18.9 Å². The number of hydrogen-bond donors (Lipinski definition) is 3. The molecule has 2 aliphatic heterocycles. The number of aromatic amines is 2. The van der Waals surface area contributed by atoms with E-state index in [1.165, 1.54) is 0 Å². The molecule has 3 aromatic rings. The predicted molar refractivity (Wildman–Crippen MR) is 121 cm³/mol. The second-order valence-electron chi connectivity index (χ2n) is 6.74. The number of aromatic nitrogens is 3. The van der Waals surface area contributed by atoms with E-state index in [0.29, 0.717) is 40.2 Å². The van der Waals surface area contributed by atoms with Gasteiger partial charge in [-0.3, -0.25) is 0 Å². The minimum atomic E-state index is -0.627. The van der Waals surface area contributed by atoms with Crippen LogP contribution in [0.4, 0.5) is 5.69 Å². The summed E-state index contributed by atoms with van der Waals surface area (Å²) in [6.07, 6.45) is -1.64. The maximum absolute atomic E-state index is 9.83. The lowest BCUT2D eigenvalue weighted by atomic mass is 10.1. The fourth-order valence-electron chi connectivity index (χ4n) is 3.44. The largest absolute Gasteiger partial charge is 0.434 e. The summed E-state index contributed by atoms with van der Waals surface area (Å²) in [6, 6.07) is 9.08. The molecule has 0 saturated carbocycles. The third-order valence-electron chi connectivity index (χ3n) is 4.75. The molecule has 2 fully saturated rings. The van der Waals surface area contributed by atoms with Crippen molar-refractivity contribution in [2.45, 2.75) is 52.1 Å². The van der Waals surface area contributed by atoms with Gasteiger partial charge in [0.05, 0.1) is 13.2 Å². The summed E-state index contributed by atoms with van der Waals surface area (Å²) in [5.74, 6) is 0.778. The maximum Gasteiger partial charge on any atom is 0.395 e. The number of ether oxygens (including phenoxy) is 4. The van der Waals surface area contributed by atoms with Crippen molar-refractivity contribution in [1.82, 2.24) is 9.97 Å². The predicted octanol–water partition coefficient (Wildman–Crippen LogP) is 3.36. The number of nitrogen functional groups attached to an aromatic ring is 1. The Balaban J connectivity index is 0.000000686. The van der Waals surface area contributed by atoms with E-state index in [-0.39, 0.29) is 30.8 Å². The molecule has 9 nitrogen and oxygen atoms in total. The van der Waals surface area contributed by atoms with Crippen LogP contribution in [-0.4, -0.2) is 52.7 Å². The van der Waals surface area contributed by atoms with Crippen LogP contribution in [-0.2, 0) is 9.47 Å². The minimum absolute atomic E-state index is 0.244. The molecule has 0 radical (unpaired) electrons. The number of nitrogens with two attached hydrogens (primary N) is 1. The van der Waals surface area contributed by atoms with Crippen LogP contribution in [0.2, 0.25) is 5.02 Å². The van der Waals surface area contributed by atoms with Gasteiger partial charge in [-0.1, -0.05) is 50.3 Å². The number of H-pyrrole nitrogens is 2. The Morgan fingerprint density at radius 1 is 1.16 bits per heavy atom. The average molecular weight is 466 g/mol. The first-order chi connectivity index (χ1) is 15.6. The standard InChI is InChI=1S/C18H17ClN4O5.2C2H6/c19-10-5-11-16(22-17(10)27-9-3-1-2-8(20)4-9)23-18(21-11)28-13-7-26-14-12(24)6-25-15(13)14;2*1-2/h1-5,12-15,24H,6-7,20H2,(H,21,22,23);2*1-2H3/p+1/t12-,13-,14-,15-;;/m1../s1. The molecule has 10 heteroatoms. The normalized spacial score (nSPS) is 23.6. The van der Waals surface area contributed by atoms with Gasteiger partial charge >= 0.3 is 17.5 Å². The molecule has 4 heterocycles. The Bertz CT molecular complexity index is 1030. The Labute approximate surface area is 191 Å². The number of rotatable bonds is 4. The maximum atomic E-state index is 9.83. The van der Waals surface area contributed by atoms with E-state index in [1.807, 2.05) is 27.7 Å². The molecular formula is C22H30ClN4O5+. The topological polar surface area (TPSA) is 126 Å². The molecule has 5 N–H and O–H groups in total. The average Bonchev–Trinajstić information content (AvgIpc) is 3.48. The number of anilines is 1. The molecule has 0 spiro atoms. The first-order valence-corrected chi connectivity index (χ1v) is 11.2. The van der Waals surface area contributed by atoms with E-state index in [9.17, 15) is 5.11 Å². The van der Waals surface area contributed by atoms with Crippen molar-refractivity contribution >= 4 is 28.5 Å². The molecule has 1 aromatic carbocycles. The lowest BCUT2D eigenvalue weighted by Crippen LogP contribution is -2.35. The summed E-state index contributed by atoms with van der Waals surface area (Å²) < 4.78 is 22.8. The van der Waals surface area contributed by atoms with Crippen LogP contribution >= 0.6 is 11.6 Å². The monoisotopic (exact) mass is 465 g/mol. The first-order valence-electron chi connectivity index (χ1n) is 10.8. The summed E-state index contributed by atoms with van der Waals surface area (Å²) in [7, 11) is 0. The smallest absolute Gasteiger partial charge is 0.395 e. The zero-order valence-electron chi connectivity index (χ0n) is 18.6. The van der Waals surface area contributed by atoms with E-state index in [0.717, 1.165) is 0 Å². The van der Waals surface area contributed by atoms with E-state index >= 15 is 0 Å². The zero-order valence-corrected chi connectivity index (χ0v) is 19.3. The van der Waals surface area contributed by atoms with Crippen LogP contribution in [0.15, 0.2) is 30.3 Å². The van der Waals surface area contributed by atoms with E-state index in [4.69, 9.17) is 36.3 Å². The molecule has 32 heavy (non-hydrogen) atoms. The van der Waals surface area contributed by atoms with E-state index < -0.39 is 6.10 Å². The van der Waals surface area contributed by atoms with Crippen molar-refractivity contribution in [1.29, 1.82) is 0 Å². The van der Waals surface area contributed by atoms with Crippen LogP contribution in [0.5, 0.6) is 17.6 Å². The quantitative estimate of drug-likeness (QED) is 0.504. The SMILES string of the molecule is CC.CC.Nc1cccc(Oc2nc3[nH+]c(O[C@@H]4CO[C@H]5[C@@H]4OC[C@H]5O)[nH]c3cc2Cl)c1. The van der Waals surface area contributed by atoms with Crippen molar-refractivity contribution in [3.05, 3.63) is 35.4 Å². The molecule has 0 aliphatic carbocycles. The summed E-state index contributed by atoms with van der Waals surface area (Å²) >= 11 is 6.30. The molecule has 2 aliphatic rings. The third-order valence-corrected chi connectivity index (χ3v) is 5.02. The number of hydrogen-bond acceptors (Lipinski definition) is 7. The molecule has 0 amide bonds. The molecule has 5 rings (SSSR count). The number of imidazole rings is 1. The van der Waals surface area contributed by atoms with Gasteiger partial charge in [-0.05, 0) is 12.1 Å². The second-order valence-corrected chi connectivity index (χ2v) is 7.15. The second kappa shape index (κ2) is 10.8. The summed E-state index contributed by atoms with van der Waals surface area (Å²) in [5.41, 5.74) is 7.52. The zero-order chi connectivity index (χ0) is 23.3. The van der Waals surface area contributed by atoms with Gasteiger partial charge in [0.2, 0.25) is 0 Å². The van der Waals surface area contributed by atoms with Crippen LogP contribution in [0, 0.1) is 0 Å². The van der Waals surface area contributed by atoms with Crippen LogP contribution in [0.3, 0.4) is 0 Å². The van der Waals surface area contributed by atoms with E-state index in [2.05, 4.69) is 15.0 Å². The lowest BCUT2D eigenvalue weighted by molar-refractivity contribution is -0.369. The molecule has 2 aromatic heterocycles. The number of benzene rings is 1. The third kappa shape index (κ3) is 5.07. The summed E-state index contributed by atoms with van der Waals surface area (Å²) in [6.45, 7) is 8.57. The number of halogens is 1. The van der Waals surface area contributed by atoms with Crippen molar-refractivity contribution in [3.8, 4) is 17.6 Å². The molecule has 174 valence electrons. The highest BCUT2D eigenvalue weighted by Crippen LogP contribution is 2.32. The van der Waals surface area contributed by atoms with Crippen molar-refractivity contribution < 1.29 is 29.0 Å². The van der Waals surface area contributed by atoms with Crippen LogP contribution in [0.1, 0.15) is 27.7 Å². The number of nitrogens with one attached hydrogen (secondary N) is 2. The minimum Gasteiger partial charge on any atom is -0.434 e. The Morgan fingerprint density at radius 2 is 1.91 bits per heavy atom. The first kappa shape index (κ1) is 24.1. The number of nitrogens with zero attached hydrogens (tertiary/aromatic N) is 1. The number of aliphatic hydroxyl groups is 1. The fourth-order valence-corrected chi connectivity index (χ4v) is 3.63. The molecule has 0 unspecified atom stereocenters. The Kier molecular flexibility index (Phi) is 8.14. The lowest BCUT2D eigenvalue weighted by Gasteiger charge is -2.14. The van der Waals surface area contributed by atoms with Gasteiger partial charge in [-0.15, -0.1) is 0 Å². The Morgan fingerprint density at radius 3 is 2.66 bits per heavy atom. The van der Waals surface area contributed by atoms with Gasteiger partial charge in [0, 0.05) is 17.8 Å². The van der Waals surface area contributed by atoms with Gasteiger partial charge in [-0.25, -0.2) is 9.97 Å². The van der Waals surface area contributed by atoms with Gasteiger partial charge in [-0.2, -0.15) is 0 Å². The van der Waals surface area contributed by atoms with Gasteiger partial charge < -0.3 is 29.8 Å². The molecule has 2 saturated heterocycles. The molecule has 0 bridgehead atoms. The summed E-state index contributed by atoms with van der Waals surface area (Å²) in [5, 5.41) is 10.2. The summed E-state index contributed by atoms with van der Waals surface area (Å²) in [4.78, 5) is 10.5. The van der Waals surface area contributed by atoms with Gasteiger partial charge in [0.15, 0.2) is 11.6 Å². The molecular weight excluding hydrogens is 436 g/mol. The van der Waals surface area contributed by atoms with Gasteiger partial charge in [0.1, 0.15) is 29.1 Å². The van der Waals surface area contributed by atoms with E-state index in [1.54, 1.807) is 30.3 Å². The van der Waals surface area contributed by atoms with Gasteiger partial charge in [0.25, 0.3) is 0 Å². The number of pyridine rings is 1. The highest BCUT2D eigenvalue weighted by Gasteiger charge is 2.49. The van der Waals surface area contributed by atoms with Crippen LogP contribution < -0.4 is 20.2 Å². The van der Waals surface area contributed by atoms with Crippen molar-refractivity contribution in [2.24, 2.45) is 0 Å².